The van der Waals surface area contributed by atoms with Gasteiger partial charge in [-0.25, -0.2) is 9.78 Å². The second kappa shape index (κ2) is 9.68. The van der Waals surface area contributed by atoms with E-state index in [1.807, 2.05) is 6.07 Å². The maximum Gasteiger partial charge on any atom is 0.416 e. The Balaban J connectivity index is 1.47. The molecule has 1 unspecified atom stereocenters. The Morgan fingerprint density at radius 2 is 1.88 bits per heavy atom. The number of carbonyl (C=O) groups excluding carboxylic acids is 2. The molecule has 2 aliphatic heterocycles. The van der Waals surface area contributed by atoms with Crippen LogP contribution in [-0.4, -0.2) is 48.0 Å². The lowest BCUT2D eigenvalue weighted by Gasteiger charge is -2.26. The minimum Gasteiger partial charge on any atom is -0.357 e. The van der Waals surface area contributed by atoms with E-state index in [0.29, 0.717) is 25.1 Å². The predicted octanol–water partition coefficient (Wildman–Crippen LogP) is 4.19. The van der Waals surface area contributed by atoms with Gasteiger partial charge < -0.3 is 20.4 Å². The molecule has 1 aromatic heterocycles. The number of benzene rings is 1. The molecule has 33 heavy (non-hydrogen) atoms. The fraction of sp³-hybridized carbons (Fsp3) is 0.435. The topological polar surface area (TPSA) is 77.6 Å². The Kier molecular flexibility index (Phi) is 6.71. The smallest absolute Gasteiger partial charge is 0.357 e. The van der Waals surface area contributed by atoms with Gasteiger partial charge in [-0.05, 0) is 49.1 Å². The first kappa shape index (κ1) is 22.9. The first-order valence-electron chi connectivity index (χ1n) is 11.0. The molecule has 176 valence electrons. The first-order chi connectivity index (χ1) is 15.8. The van der Waals surface area contributed by atoms with E-state index in [4.69, 9.17) is 0 Å². The molecular weight excluding hydrogens is 435 g/mol. The molecule has 7 nitrogen and oxygen atoms in total. The molecule has 0 bridgehead atoms. The highest BCUT2D eigenvalue weighted by Crippen LogP contribution is 2.31. The molecule has 2 saturated heterocycles. The number of anilines is 2. The number of nitrogens with one attached hydrogen (secondary N) is 2. The largest absolute Gasteiger partial charge is 0.416 e. The Morgan fingerprint density at radius 3 is 2.52 bits per heavy atom. The van der Waals surface area contributed by atoms with Gasteiger partial charge in [0.05, 0.1) is 23.5 Å². The molecule has 4 rings (SSSR count). The van der Waals surface area contributed by atoms with E-state index < -0.39 is 23.8 Å². The lowest BCUT2D eigenvalue weighted by atomic mass is 10.0. The molecule has 10 heteroatoms. The molecule has 1 aromatic carbocycles. The molecule has 0 saturated carbocycles. The third kappa shape index (κ3) is 5.74. The average molecular weight is 461 g/mol. The molecule has 2 aromatic rings. The van der Waals surface area contributed by atoms with Crippen molar-refractivity contribution in [2.45, 2.75) is 37.9 Å². The number of halogens is 3. The summed E-state index contributed by atoms with van der Waals surface area (Å²) in [5.74, 6) is 0.767. The van der Waals surface area contributed by atoms with Gasteiger partial charge in [0.2, 0.25) is 5.91 Å². The number of urea groups is 1. The van der Waals surface area contributed by atoms with Crippen molar-refractivity contribution in [2.75, 3.05) is 36.4 Å². The number of pyridine rings is 1. The Labute approximate surface area is 190 Å². The van der Waals surface area contributed by atoms with Crippen LogP contribution in [0.4, 0.5) is 29.5 Å². The predicted molar refractivity (Wildman–Crippen MR) is 118 cm³/mol. The van der Waals surface area contributed by atoms with Gasteiger partial charge in [-0.2, -0.15) is 13.2 Å². The molecule has 0 spiro atoms. The fourth-order valence-electron chi connectivity index (χ4n) is 4.20. The Bertz CT molecular complexity index is 990. The Hall–Kier alpha value is -3.30. The number of likely N-dealkylation sites (tertiary alicyclic amines) is 1. The zero-order chi connectivity index (χ0) is 23.4. The number of aromatic nitrogens is 1. The molecule has 2 fully saturated rings. The molecule has 0 aliphatic carbocycles. The van der Waals surface area contributed by atoms with E-state index in [-0.39, 0.29) is 18.0 Å². The lowest BCUT2D eigenvalue weighted by molar-refractivity contribution is -0.137. The van der Waals surface area contributed by atoms with Crippen LogP contribution in [0.5, 0.6) is 0 Å². The number of hydrogen-bond donors (Lipinski definition) is 2. The molecule has 3 heterocycles. The first-order valence-corrected chi connectivity index (χ1v) is 11.0. The average Bonchev–Trinajstić information content (AvgIpc) is 3.46. The van der Waals surface area contributed by atoms with Crippen LogP contribution < -0.4 is 15.5 Å². The van der Waals surface area contributed by atoms with Gasteiger partial charge >= 0.3 is 12.2 Å². The van der Waals surface area contributed by atoms with E-state index in [9.17, 15) is 22.8 Å². The summed E-state index contributed by atoms with van der Waals surface area (Å²) < 4.78 is 39.7. The van der Waals surface area contributed by atoms with E-state index in [2.05, 4.69) is 20.5 Å². The van der Waals surface area contributed by atoms with Gasteiger partial charge in [-0.15, -0.1) is 0 Å². The van der Waals surface area contributed by atoms with Gasteiger partial charge in [0, 0.05) is 32.6 Å². The highest BCUT2D eigenvalue weighted by atomic mass is 19.4. The number of hydrogen-bond acceptors (Lipinski definition) is 4. The van der Waals surface area contributed by atoms with E-state index in [1.165, 1.54) is 12.1 Å². The minimum absolute atomic E-state index is 0.0733. The normalized spacial score (nSPS) is 17.4. The molecule has 2 N–H and O–H groups in total. The zero-order valence-corrected chi connectivity index (χ0v) is 18.1. The van der Waals surface area contributed by atoms with Crippen molar-refractivity contribution in [3.63, 3.8) is 0 Å². The van der Waals surface area contributed by atoms with Crippen molar-refractivity contribution in [1.82, 2.24) is 15.2 Å². The number of alkyl halides is 3. The summed E-state index contributed by atoms with van der Waals surface area (Å²) in [5.41, 5.74) is -0.0562. The lowest BCUT2D eigenvalue weighted by Crippen LogP contribution is -2.40. The summed E-state index contributed by atoms with van der Waals surface area (Å²) in [4.78, 5) is 32.9. The van der Waals surface area contributed by atoms with Crippen LogP contribution in [0.15, 0.2) is 42.6 Å². The van der Waals surface area contributed by atoms with Crippen LogP contribution in [0.2, 0.25) is 0 Å². The maximum atomic E-state index is 13.2. The van der Waals surface area contributed by atoms with Crippen molar-refractivity contribution in [2.24, 2.45) is 0 Å². The van der Waals surface area contributed by atoms with Crippen LogP contribution in [0.25, 0.3) is 0 Å². The molecule has 2 aliphatic rings. The summed E-state index contributed by atoms with van der Waals surface area (Å²) in [5, 5.41) is 5.41. The van der Waals surface area contributed by atoms with Gasteiger partial charge in [-0.1, -0.05) is 12.1 Å². The third-order valence-corrected chi connectivity index (χ3v) is 5.93. The second-order valence-corrected chi connectivity index (χ2v) is 8.32. The highest BCUT2D eigenvalue weighted by molar-refractivity contribution is 5.89. The fourth-order valence-corrected chi connectivity index (χ4v) is 4.20. The van der Waals surface area contributed by atoms with Gasteiger partial charge in [-0.3, -0.25) is 4.79 Å². The van der Waals surface area contributed by atoms with Crippen molar-refractivity contribution >= 4 is 23.4 Å². The third-order valence-electron chi connectivity index (χ3n) is 5.93. The van der Waals surface area contributed by atoms with E-state index in [0.717, 1.165) is 43.9 Å². The summed E-state index contributed by atoms with van der Waals surface area (Å²) in [6.45, 7) is 2.52. The van der Waals surface area contributed by atoms with Crippen LogP contribution in [-0.2, 0) is 11.0 Å². The molecular formula is C23H26F3N5O2. The second-order valence-electron chi connectivity index (χ2n) is 8.32. The van der Waals surface area contributed by atoms with E-state index >= 15 is 0 Å². The summed E-state index contributed by atoms with van der Waals surface area (Å²) in [7, 11) is 0. The van der Waals surface area contributed by atoms with Crippen LogP contribution in [0, 0.1) is 0 Å². The van der Waals surface area contributed by atoms with Crippen LogP contribution >= 0.6 is 0 Å². The van der Waals surface area contributed by atoms with Gasteiger partial charge in [0.1, 0.15) is 5.82 Å². The highest BCUT2D eigenvalue weighted by Gasteiger charge is 2.32. The number of nitrogens with zero attached hydrogens (tertiary/aromatic N) is 3. The molecule has 0 radical (unpaired) electrons. The van der Waals surface area contributed by atoms with Crippen molar-refractivity contribution < 1.29 is 22.8 Å². The minimum atomic E-state index is -4.50. The van der Waals surface area contributed by atoms with Crippen molar-refractivity contribution in [3.05, 3.63) is 53.7 Å². The SMILES string of the molecule is O=C(Nc1ccc(N2CCCC2)nc1)NC(CN1CCCC1=O)c1cccc(C(F)(F)F)c1. The van der Waals surface area contributed by atoms with Crippen LogP contribution in [0.1, 0.15) is 42.9 Å². The van der Waals surface area contributed by atoms with Crippen molar-refractivity contribution in [1.29, 1.82) is 0 Å². The standard InChI is InChI=1S/C23H26F3N5O2/c24-23(25,26)17-6-3-5-16(13-17)19(15-31-12-4-7-21(31)32)29-22(33)28-18-8-9-20(27-14-18)30-10-1-2-11-30/h3,5-6,8-9,13-14,19H,1-2,4,7,10-12,15H2,(H2,28,29,33). The molecule has 1 atom stereocenters. The van der Waals surface area contributed by atoms with Gasteiger partial charge in [0.15, 0.2) is 0 Å². The van der Waals surface area contributed by atoms with Crippen LogP contribution in [0.3, 0.4) is 0 Å². The Morgan fingerprint density at radius 1 is 1.09 bits per heavy atom. The van der Waals surface area contributed by atoms with Gasteiger partial charge in [0.25, 0.3) is 0 Å². The zero-order valence-electron chi connectivity index (χ0n) is 18.1. The van der Waals surface area contributed by atoms with Crippen molar-refractivity contribution in [3.8, 4) is 0 Å². The maximum absolute atomic E-state index is 13.2. The number of carbonyl (C=O) groups is 2. The number of amides is 3. The summed E-state index contributed by atoms with van der Waals surface area (Å²) >= 11 is 0. The summed E-state index contributed by atoms with van der Waals surface area (Å²) in [6.07, 6.45) is 0.387. The monoisotopic (exact) mass is 461 g/mol. The quantitative estimate of drug-likeness (QED) is 0.677. The number of rotatable bonds is 6. The van der Waals surface area contributed by atoms with E-state index in [1.54, 1.807) is 17.2 Å². The summed E-state index contributed by atoms with van der Waals surface area (Å²) in [6, 6.07) is 7.00. The molecule has 3 amide bonds.